The van der Waals surface area contributed by atoms with Gasteiger partial charge in [-0.2, -0.15) is 0 Å². The molecule has 0 amide bonds. The van der Waals surface area contributed by atoms with Gasteiger partial charge in [-0.05, 0) is 31.2 Å². The minimum absolute atomic E-state index is 0.304. The van der Waals surface area contributed by atoms with Crippen LogP contribution in [0.5, 0.6) is 11.5 Å². The van der Waals surface area contributed by atoms with Crippen LogP contribution in [-0.2, 0) is 13.2 Å². The Morgan fingerprint density at radius 3 is 2.75 bits per heavy atom. The molecule has 0 saturated carbocycles. The lowest BCUT2D eigenvalue weighted by molar-refractivity contribution is 0.260. The molecule has 0 radical (unpaired) electrons. The van der Waals surface area contributed by atoms with Gasteiger partial charge in [-0.15, -0.1) is 0 Å². The second-order valence-corrected chi connectivity index (χ2v) is 4.35. The maximum absolute atomic E-state index is 5.70. The summed E-state index contributed by atoms with van der Waals surface area (Å²) in [5.41, 5.74) is 2.56. The molecule has 0 fully saturated rings. The van der Waals surface area contributed by atoms with E-state index in [0.717, 1.165) is 24.3 Å². The third-order valence-corrected chi connectivity index (χ3v) is 2.92. The Morgan fingerprint density at radius 1 is 1.25 bits per heavy atom. The monoisotopic (exact) mass is 277 g/mol. The zero-order chi connectivity index (χ0) is 14.4. The zero-order valence-corrected chi connectivity index (χ0v) is 12.0. The fraction of sp³-hybridized carbons (Fsp3) is 0.429. The van der Waals surface area contributed by atoms with Crippen LogP contribution in [0, 0.1) is 6.92 Å². The van der Waals surface area contributed by atoms with Crippen LogP contribution >= 0.6 is 0 Å². The predicted molar refractivity (Wildman–Crippen MR) is 73.7 cm³/mol. The van der Waals surface area contributed by atoms with Crippen LogP contribution in [0.2, 0.25) is 0 Å². The number of rotatable bonds is 7. The highest BCUT2D eigenvalue weighted by Crippen LogP contribution is 2.28. The van der Waals surface area contributed by atoms with Crippen molar-refractivity contribution in [3.63, 3.8) is 0 Å². The molecule has 0 spiro atoms. The number of nitrogens with one attached hydrogen (secondary N) is 1. The van der Waals surface area contributed by atoms with Crippen LogP contribution in [0.15, 0.2) is 22.8 Å². The van der Waals surface area contributed by atoms with Crippen molar-refractivity contribution in [1.29, 1.82) is 0 Å². The molecular formula is C14H19N3O3. The van der Waals surface area contributed by atoms with E-state index in [1.807, 2.05) is 25.1 Å². The highest BCUT2D eigenvalue weighted by atomic mass is 16.6. The van der Waals surface area contributed by atoms with Crippen molar-refractivity contribution < 1.29 is 14.1 Å². The summed E-state index contributed by atoms with van der Waals surface area (Å²) >= 11 is 0. The molecule has 1 N–H and O–H groups in total. The first-order valence-corrected chi connectivity index (χ1v) is 6.53. The SMILES string of the molecule is CCNCc1ccc(OCc2nonc2C)c(OC)c1. The summed E-state index contributed by atoms with van der Waals surface area (Å²) in [6.07, 6.45) is 0. The number of aromatic nitrogens is 2. The van der Waals surface area contributed by atoms with E-state index >= 15 is 0 Å². The van der Waals surface area contributed by atoms with Gasteiger partial charge in [0.05, 0.1) is 7.11 Å². The number of hydrogen-bond acceptors (Lipinski definition) is 6. The van der Waals surface area contributed by atoms with E-state index in [4.69, 9.17) is 9.47 Å². The fourth-order valence-electron chi connectivity index (χ4n) is 1.74. The van der Waals surface area contributed by atoms with E-state index in [1.165, 1.54) is 0 Å². The van der Waals surface area contributed by atoms with E-state index in [0.29, 0.717) is 23.8 Å². The lowest BCUT2D eigenvalue weighted by Crippen LogP contribution is -2.11. The third kappa shape index (κ3) is 3.48. The van der Waals surface area contributed by atoms with Crippen LogP contribution < -0.4 is 14.8 Å². The first-order chi connectivity index (χ1) is 9.74. The van der Waals surface area contributed by atoms with Crippen LogP contribution in [0.4, 0.5) is 0 Å². The van der Waals surface area contributed by atoms with Crippen LogP contribution in [0.25, 0.3) is 0 Å². The average Bonchev–Trinajstić information content (AvgIpc) is 2.88. The van der Waals surface area contributed by atoms with Gasteiger partial charge in [0.1, 0.15) is 18.0 Å². The Labute approximate surface area is 118 Å². The van der Waals surface area contributed by atoms with Crippen molar-refractivity contribution in [3.05, 3.63) is 35.2 Å². The first-order valence-electron chi connectivity index (χ1n) is 6.53. The van der Waals surface area contributed by atoms with E-state index in [1.54, 1.807) is 7.11 Å². The largest absolute Gasteiger partial charge is 0.493 e. The summed E-state index contributed by atoms with van der Waals surface area (Å²) < 4.78 is 15.7. The molecule has 108 valence electrons. The topological polar surface area (TPSA) is 69.4 Å². The van der Waals surface area contributed by atoms with Crippen LogP contribution in [0.1, 0.15) is 23.9 Å². The van der Waals surface area contributed by atoms with Crippen molar-refractivity contribution in [3.8, 4) is 11.5 Å². The van der Waals surface area contributed by atoms with E-state index in [2.05, 4.69) is 27.2 Å². The highest BCUT2D eigenvalue weighted by molar-refractivity contribution is 5.43. The van der Waals surface area contributed by atoms with Crippen molar-refractivity contribution in [2.75, 3.05) is 13.7 Å². The number of hydrogen-bond donors (Lipinski definition) is 1. The van der Waals surface area contributed by atoms with Crippen LogP contribution in [-0.4, -0.2) is 24.0 Å². The van der Waals surface area contributed by atoms with E-state index < -0.39 is 0 Å². The van der Waals surface area contributed by atoms with Gasteiger partial charge in [-0.1, -0.05) is 23.3 Å². The Balaban J connectivity index is 2.05. The minimum Gasteiger partial charge on any atom is -0.493 e. The number of benzene rings is 1. The lowest BCUT2D eigenvalue weighted by atomic mass is 10.2. The third-order valence-electron chi connectivity index (χ3n) is 2.92. The molecule has 6 heteroatoms. The summed E-state index contributed by atoms with van der Waals surface area (Å²) in [5.74, 6) is 1.38. The molecule has 0 atom stereocenters. The molecule has 20 heavy (non-hydrogen) atoms. The summed E-state index contributed by atoms with van der Waals surface area (Å²) in [5, 5.41) is 10.8. The second kappa shape index (κ2) is 6.91. The molecule has 2 aromatic rings. The van der Waals surface area contributed by atoms with E-state index in [9.17, 15) is 0 Å². The summed E-state index contributed by atoms with van der Waals surface area (Å²) in [6, 6.07) is 5.87. The maximum atomic E-state index is 5.70. The Bertz CT molecular complexity index is 554. The molecule has 1 aromatic heterocycles. The molecule has 1 heterocycles. The van der Waals surface area contributed by atoms with Crippen molar-refractivity contribution in [1.82, 2.24) is 15.6 Å². The van der Waals surface area contributed by atoms with Gasteiger partial charge in [-0.25, -0.2) is 4.63 Å². The van der Waals surface area contributed by atoms with Crippen molar-refractivity contribution in [2.24, 2.45) is 0 Å². The Kier molecular flexibility index (Phi) is 4.95. The molecule has 2 rings (SSSR count). The van der Waals surface area contributed by atoms with Gasteiger partial charge in [0.2, 0.25) is 0 Å². The standard InChI is InChI=1S/C14H19N3O3/c1-4-15-8-11-5-6-13(14(7-11)18-3)19-9-12-10(2)16-20-17-12/h5-7,15H,4,8-9H2,1-3H3. The Hall–Kier alpha value is -2.08. The predicted octanol–water partition coefficient (Wildman–Crippen LogP) is 2.08. The lowest BCUT2D eigenvalue weighted by Gasteiger charge is -2.11. The number of aryl methyl sites for hydroxylation is 1. The maximum Gasteiger partial charge on any atom is 0.161 e. The highest BCUT2D eigenvalue weighted by Gasteiger charge is 2.09. The van der Waals surface area contributed by atoms with Crippen molar-refractivity contribution in [2.45, 2.75) is 27.0 Å². The second-order valence-electron chi connectivity index (χ2n) is 4.35. The normalized spacial score (nSPS) is 10.6. The average molecular weight is 277 g/mol. The van der Waals surface area contributed by atoms with Gasteiger partial charge in [0.15, 0.2) is 11.5 Å². The molecule has 0 saturated heterocycles. The van der Waals surface area contributed by atoms with Gasteiger partial charge >= 0.3 is 0 Å². The molecular weight excluding hydrogens is 258 g/mol. The molecule has 1 aromatic carbocycles. The minimum atomic E-state index is 0.304. The zero-order valence-electron chi connectivity index (χ0n) is 12.0. The number of methoxy groups -OCH3 is 1. The fourth-order valence-corrected chi connectivity index (χ4v) is 1.74. The van der Waals surface area contributed by atoms with Gasteiger partial charge in [0, 0.05) is 6.54 Å². The van der Waals surface area contributed by atoms with Gasteiger partial charge in [-0.3, -0.25) is 0 Å². The summed E-state index contributed by atoms with van der Waals surface area (Å²) in [4.78, 5) is 0. The van der Waals surface area contributed by atoms with Crippen molar-refractivity contribution >= 4 is 0 Å². The molecule has 0 unspecified atom stereocenters. The first kappa shape index (κ1) is 14.3. The molecule has 0 aliphatic carbocycles. The molecule has 6 nitrogen and oxygen atoms in total. The van der Waals surface area contributed by atoms with Crippen LogP contribution in [0.3, 0.4) is 0 Å². The number of ether oxygens (including phenoxy) is 2. The Morgan fingerprint density at radius 2 is 2.10 bits per heavy atom. The quantitative estimate of drug-likeness (QED) is 0.835. The summed E-state index contributed by atoms with van der Waals surface area (Å²) in [7, 11) is 1.63. The van der Waals surface area contributed by atoms with Gasteiger partial charge < -0.3 is 14.8 Å². The van der Waals surface area contributed by atoms with E-state index in [-0.39, 0.29) is 0 Å². The molecule has 0 aliphatic heterocycles. The summed E-state index contributed by atoms with van der Waals surface area (Å²) in [6.45, 7) is 5.94. The number of nitrogens with zero attached hydrogens (tertiary/aromatic N) is 2. The molecule has 0 aliphatic rings. The smallest absolute Gasteiger partial charge is 0.161 e. The molecule has 0 bridgehead atoms. The van der Waals surface area contributed by atoms with Gasteiger partial charge in [0.25, 0.3) is 0 Å².